The van der Waals surface area contributed by atoms with Gasteiger partial charge in [0.05, 0.1) is 0 Å². The molecule has 0 aliphatic heterocycles. The number of carboxylic acid groups (broad SMARTS) is 1. The van der Waals surface area contributed by atoms with Crippen molar-refractivity contribution < 1.29 is 24.2 Å². The molecule has 0 rings (SSSR count). The molecular formula is C11H18O5. The van der Waals surface area contributed by atoms with E-state index in [1.165, 1.54) is 0 Å². The molecule has 0 bridgehead atoms. The lowest BCUT2D eigenvalue weighted by Crippen LogP contribution is -2.36. The maximum absolute atomic E-state index is 11.2. The largest absolute Gasteiger partial charge is 0.475 e. The fourth-order valence-corrected chi connectivity index (χ4v) is 1.64. The summed E-state index contributed by atoms with van der Waals surface area (Å²) in [4.78, 5) is 32.3. The second-order valence-corrected chi connectivity index (χ2v) is 3.97. The summed E-state index contributed by atoms with van der Waals surface area (Å²) in [5, 5.41) is 8.36. The lowest BCUT2D eigenvalue weighted by atomic mass is 9.95. The summed E-state index contributed by atoms with van der Waals surface area (Å²) < 4.78 is 4.97. The first kappa shape index (κ1) is 14.6. The Labute approximate surface area is 94.8 Å². The number of carbonyl (C=O) groups excluding carboxylic acids is 2. The fraction of sp³-hybridized carbons (Fsp3) is 0.727. The monoisotopic (exact) mass is 230 g/mol. The Hall–Kier alpha value is -1.39. The van der Waals surface area contributed by atoms with Gasteiger partial charge in [-0.3, -0.25) is 4.79 Å². The van der Waals surface area contributed by atoms with E-state index in [1.807, 2.05) is 13.8 Å². The van der Waals surface area contributed by atoms with Gasteiger partial charge < -0.3 is 9.84 Å². The molecule has 0 fully saturated rings. The number of carboxylic acids is 1. The number of Topliss-reactive ketones (excluding diaryl/α,β-unsaturated/α-hetero) is 1. The maximum atomic E-state index is 11.2. The van der Waals surface area contributed by atoms with Crippen molar-refractivity contribution in [3.8, 4) is 0 Å². The van der Waals surface area contributed by atoms with E-state index in [2.05, 4.69) is 0 Å². The van der Waals surface area contributed by atoms with Gasteiger partial charge in [0.15, 0.2) is 0 Å². The number of esters is 1. The van der Waals surface area contributed by atoms with Crippen molar-refractivity contribution in [3.05, 3.63) is 0 Å². The molecule has 5 heteroatoms. The molecule has 0 aromatic heterocycles. The van der Waals surface area contributed by atoms with Gasteiger partial charge in [0, 0.05) is 0 Å². The molecule has 1 N–H and O–H groups in total. The van der Waals surface area contributed by atoms with Crippen molar-refractivity contribution in [2.24, 2.45) is 0 Å². The predicted molar refractivity (Wildman–Crippen MR) is 57.0 cm³/mol. The van der Waals surface area contributed by atoms with E-state index < -0.39 is 23.3 Å². The molecular weight excluding hydrogens is 212 g/mol. The molecule has 0 unspecified atom stereocenters. The Morgan fingerprint density at radius 1 is 1.12 bits per heavy atom. The Bertz CT molecular complexity index is 276. The maximum Gasteiger partial charge on any atom is 0.387 e. The summed E-state index contributed by atoms with van der Waals surface area (Å²) in [6, 6.07) is 0. The van der Waals surface area contributed by atoms with Gasteiger partial charge in [0.25, 0.3) is 0 Å². The van der Waals surface area contributed by atoms with Crippen LogP contribution in [0.15, 0.2) is 0 Å². The molecule has 0 radical (unpaired) electrons. The first-order valence-electron chi connectivity index (χ1n) is 5.37. The average molecular weight is 230 g/mol. The van der Waals surface area contributed by atoms with Crippen LogP contribution in [-0.2, 0) is 19.1 Å². The lowest BCUT2D eigenvalue weighted by molar-refractivity contribution is -0.170. The van der Waals surface area contributed by atoms with Gasteiger partial charge in [-0.15, -0.1) is 0 Å². The van der Waals surface area contributed by atoms with Crippen LogP contribution in [0.25, 0.3) is 0 Å². The lowest BCUT2D eigenvalue weighted by Gasteiger charge is -2.28. The zero-order chi connectivity index (χ0) is 12.8. The Morgan fingerprint density at radius 2 is 1.56 bits per heavy atom. The minimum atomic E-state index is -1.78. The highest BCUT2D eigenvalue weighted by Gasteiger charge is 2.32. The van der Waals surface area contributed by atoms with Crippen LogP contribution in [0.1, 0.15) is 46.5 Å². The van der Waals surface area contributed by atoms with Crippen LogP contribution >= 0.6 is 0 Å². The van der Waals surface area contributed by atoms with E-state index >= 15 is 0 Å². The second kappa shape index (κ2) is 6.25. The van der Waals surface area contributed by atoms with Crippen molar-refractivity contribution in [2.75, 3.05) is 0 Å². The third kappa shape index (κ3) is 4.42. The van der Waals surface area contributed by atoms with Gasteiger partial charge in [0.1, 0.15) is 5.60 Å². The zero-order valence-electron chi connectivity index (χ0n) is 9.91. The number of carbonyl (C=O) groups is 3. The number of hydrogen-bond donors (Lipinski definition) is 1. The van der Waals surface area contributed by atoms with Crippen molar-refractivity contribution in [1.82, 2.24) is 0 Å². The third-order valence-corrected chi connectivity index (χ3v) is 2.28. The van der Waals surface area contributed by atoms with Gasteiger partial charge in [-0.1, -0.05) is 26.7 Å². The number of rotatable bonds is 7. The molecule has 0 amide bonds. The first-order chi connectivity index (χ1) is 7.36. The molecule has 0 saturated carbocycles. The summed E-state index contributed by atoms with van der Waals surface area (Å²) in [5.74, 6) is -4.57. The normalized spacial score (nSPS) is 10.9. The van der Waals surface area contributed by atoms with E-state index in [-0.39, 0.29) is 0 Å². The fourth-order valence-electron chi connectivity index (χ4n) is 1.64. The number of aliphatic carboxylic acids is 1. The van der Waals surface area contributed by atoms with E-state index in [0.717, 1.165) is 12.8 Å². The molecule has 0 aromatic rings. The predicted octanol–water partition coefficient (Wildman–Crippen LogP) is 1.54. The molecule has 0 saturated heterocycles. The molecule has 16 heavy (non-hydrogen) atoms. The van der Waals surface area contributed by atoms with Crippen LogP contribution in [0.5, 0.6) is 0 Å². The smallest absolute Gasteiger partial charge is 0.387 e. The Morgan fingerprint density at radius 3 is 1.88 bits per heavy atom. The molecule has 92 valence electrons. The Balaban J connectivity index is 4.57. The summed E-state index contributed by atoms with van der Waals surface area (Å²) in [6.07, 6.45) is 2.81. The topological polar surface area (TPSA) is 80.7 Å². The molecule has 0 spiro atoms. The molecule has 0 aliphatic rings. The van der Waals surface area contributed by atoms with E-state index in [0.29, 0.717) is 12.8 Å². The summed E-state index contributed by atoms with van der Waals surface area (Å²) in [5.41, 5.74) is -0.744. The van der Waals surface area contributed by atoms with Gasteiger partial charge in [-0.2, -0.15) is 0 Å². The number of ether oxygens (including phenoxy) is 1. The van der Waals surface area contributed by atoms with Crippen molar-refractivity contribution in [1.29, 1.82) is 0 Å². The summed E-state index contributed by atoms with van der Waals surface area (Å²) in [6.45, 7) is 5.58. The third-order valence-electron chi connectivity index (χ3n) is 2.28. The van der Waals surface area contributed by atoms with Crippen molar-refractivity contribution >= 4 is 17.7 Å². The van der Waals surface area contributed by atoms with Crippen LogP contribution in [0.2, 0.25) is 0 Å². The van der Waals surface area contributed by atoms with Crippen LogP contribution in [-0.4, -0.2) is 28.4 Å². The molecule has 5 nitrogen and oxygen atoms in total. The standard InChI is InChI=1S/C11H18O5/c1-4-6-11(3,7-5-2)16-10(15)8(12)9(13)14/h4-7H2,1-3H3,(H,13,14). The molecule has 0 aromatic carbocycles. The highest BCUT2D eigenvalue weighted by molar-refractivity contribution is 6.59. The Kier molecular flexibility index (Phi) is 5.71. The molecule has 0 aliphatic carbocycles. The van der Waals surface area contributed by atoms with Crippen LogP contribution < -0.4 is 0 Å². The summed E-state index contributed by atoms with van der Waals surface area (Å²) >= 11 is 0. The average Bonchev–Trinajstić information content (AvgIpc) is 2.16. The highest BCUT2D eigenvalue weighted by Crippen LogP contribution is 2.23. The molecule has 0 heterocycles. The number of ketones is 1. The van der Waals surface area contributed by atoms with Gasteiger partial charge >= 0.3 is 17.7 Å². The van der Waals surface area contributed by atoms with Crippen molar-refractivity contribution in [3.63, 3.8) is 0 Å². The van der Waals surface area contributed by atoms with Crippen LogP contribution in [0, 0.1) is 0 Å². The zero-order valence-corrected chi connectivity index (χ0v) is 9.91. The SMILES string of the molecule is CCCC(C)(CCC)OC(=O)C(=O)C(=O)O. The van der Waals surface area contributed by atoms with Crippen LogP contribution in [0.4, 0.5) is 0 Å². The molecule has 0 atom stereocenters. The van der Waals surface area contributed by atoms with E-state index in [1.54, 1.807) is 6.92 Å². The quantitative estimate of drug-likeness (QED) is 0.407. The van der Waals surface area contributed by atoms with E-state index in [4.69, 9.17) is 9.84 Å². The minimum absolute atomic E-state index is 0.611. The first-order valence-corrected chi connectivity index (χ1v) is 5.37. The second-order valence-electron chi connectivity index (χ2n) is 3.97. The minimum Gasteiger partial charge on any atom is -0.475 e. The summed E-state index contributed by atoms with van der Waals surface area (Å²) in [7, 11) is 0. The van der Waals surface area contributed by atoms with Crippen molar-refractivity contribution in [2.45, 2.75) is 52.1 Å². The van der Waals surface area contributed by atoms with E-state index in [9.17, 15) is 14.4 Å². The van der Waals surface area contributed by atoms with Gasteiger partial charge in [0.2, 0.25) is 0 Å². The number of hydrogen-bond acceptors (Lipinski definition) is 4. The van der Waals surface area contributed by atoms with Crippen LogP contribution in [0.3, 0.4) is 0 Å². The highest BCUT2D eigenvalue weighted by atomic mass is 16.6. The van der Waals surface area contributed by atoms with Gasteiger partial charge in [-0.25, -0.2) is 9.59 Å². The van der Waals surface area contributed by atoms with Gasteiger partial charge in [-0.05, 0) is 19.8 Å².